The van der Waals surface area contributed by atoms with Crippen molar-refractivity contribution in [2.45, 2.75) is 4.90 Å². The van der Waals surface area contributed by atoms with Gasteiger partial charge >= 0.3 is 5.97 Å². The number of pyridine rings is 1. The molecule has 0 radical (unpaired) electrons. The van der Waals surface area contributed by atoms with Crippen LogP contribution in [0, 0.1) is 0 Å². The van der Waals surface area contributed by atoms with Gasteiger partial charge in [-0.1, -0.05) is 0 Å². The number of carbonyl (C=O) groups is 1. The molecule has 2 N–H and O–H groups in total. The number of nitrogen functional groups attached to an aromatic ring is 1. The first-order chi connectivity index (χ1) is 9.87. The molecule has 0 atom stereocenters. The lowest BCUT2D eigenvalue weighted by atomic mass is 10.2. The zero-order chi connectivity index (χ0) is 15.6. The topological polar surface area (TPSA) is 103 Å². The summed E-state index contributed by atoms with van der Waals surface area (Å²) in [6.07, 6.45) is 1.49. The van der Waals surface area contributed by atoms with Crippen LogP contribution in [0.25, 0.3) is 10.9 Å². The van der Waals surface area contributed by atoms with Crippen molar-refractivity contribution < 1.29 is 17.9 Å². The highest BCUT2D eigenvalue weighted by Gasteiger charge is 2.26. The van der Waals surface area contributed by atoms with Crippen molar-refractivity contribution in [3.63, 3.8) is 0 Å². The van der Waals surface area contributed by atoms with E-state index in [1.807, 2.05) is 0 Å². The third kappa shape index (κ3) is 2.81. The van der Waals surface area contributed by atoms with E-state index in [9.17, 15) is 13.2 Å². The molecule has 2 rings (SSSR count). The Labute approximate surface area is 122 Å². The van der Waals surface area contributed by atoms with Gasteiger partial charge in [0.25, 0.3) is 0 Å². The molecule has 112 valence electrons. The number of esters is 1. The molecule has 1 aromatic carbocycles. The molecule has 0 aliphatic carbocycles. The minimum Gasteiger partial charge on any atom is -0.468 e. The smallest absolute Gasteiger partial charge is 0.321 e. The maximum atomic E-state index is 12.5. The zero-order valence-electron chi connectivity index (χ0n) is 11.6. The summed E-state index contributed by atoms with van der Waals surface area (Å²) in [7, 11) is -1.37. The molecular weight excluding hydrogens is 294 g/mol. The zero-order valence-corrected chi connectivity index (χ0v) is 12.4. The molecule has 1 heterocycles. The maximum absolute atomic E-state index is 12.5. The van der Waals surface area contributed by atoms with Gasteiger partial charge < -0.3 is 10.5 Å². The van der Waals surface area contributed by atoms with Gasteiger partial charge in [-0.2, -0.15) is 4.31 Å². The summed E-state index contributed by atoms with van der Waals surface area (Å²) in [5.74, 6) is -0.645. The number of carbonyl (C=O) groups excluding carboxylic acids is 1. The van der Waals surface area contributed by atoms with Crippen molar-refractivity contribution in [3.05, 3.63) is 30.5 Å². The van der Waals surface area contributed by atoms with E-state index in [0.717, 1.165) is 4.31 Å². The number of aromatic nitrogens is 1. The van der Waals surface area contributed by atoms with E-state index in [4.69, 9.17) is 5.73 Å². The van der Waals surface area contributed by atoms with Crippen LogP contribution < -0.4 is 5.73 Å². The second-order valence-electron chi connectivity index (χ2n) is 4.39. The van der Waals surface area contributed by atoms with Gasteiger partial charge in [-0.15, -0.1) is 0 Å². The minimum absolute atomic E-state index is 0.00120. The predicted octanol–water partition coefficient (Wildman–Crippen LogP) is 0.610. The lowest BCUT2D eigenvalue weighted by Gasteiger charge is -2.17. The molecule has 1 aromatic heterocycles. The Morgan fingerprint density at radius 2 is 2.10 bits per heavy atom. The number of methoxy groups -OCH3 is 1. The summed E-state index contributed by atoms with van der Waals surface area (Å²) in [6, 6.07) is 6.25. The minimum atomic E-state index is -3.87. The van der Waals surface area contributed by atoms with Gasteiger partial charge in [-0.25, -0.2) is 8.42 Å². The molecule has 0 aliphatic rings. The van der Waals surface area contributed by atoms with E-state index in [2.05, 4.69) is 9.72 Å². The Bertz CT molecular complexity index is 789. The number of benzene rings is 1. The largest absolute Gasteiger partial charge is 0.468 e. The predicted molar refractivity (Wildman–Crippen MR) is 78.0 cm³/mol. The highest BCUT2D eigenvalue weighted by atomic mass is 32.2. The Kier molecular flexibility index (Phi) is 4.10. The number of hydrogen-bond acceptors (Lipinski definition) is 6. The lowest BCUT2D eigenvalue weighted by Crippen LogP contribution is -2.32. The molecule has 0 spiro atoms. The van der Waals surface area contributed by atoms with Crippen LogP contribution in [0.3, 0.4) is 0 Å². The summed E-state index contributed by atoms with van der Waals surface area (Å²) in [5, 5.41) is 0.546. The number of nitrogens with zero attached hydrogens (tertiary/aromatic N) is 2. The molecule has 0 aliphatic heterocycles. The first-order valence-corrected chi connectivity index (χ1v) is 7.48. The van der Waals surface area contributed by atoms with Crippen LogP contribution in [0.4, 0.5) is 5.69 Å². The fourth-order valence-electron chi connectivity index (χ4n) is 1.88. The number of fused-ring (bicyclic) bond motifs is 1. The molecule has 2 aromatic rings. The van der Waals surface area contributed by atoms with Gasteiger partial charge in [0.2, 0.25) is 10.0 Å². The van der Waals surface area contributed by atoms with Crippen LogP contribution in [0.2, 0.25) is 0 Å². The van der Waals surface area contributed by atoms with Gasteiger partial charge in [-0.05, 0) is 24.3 Å². The van der Waals surface area contributed by atoms with Gasteiger partial charge in [0, 0.05) is 24.3 Å². The molecule has 0 unspecified atom stereocenters. The van der Waals surface area contributed by atoms with Crippen molar-refractivity contribution in [2.75, 3.05) is 26.4 Å². The van der Waals surface area contributed by atoms with Crippen LogP contribution in [0.5, 0.6) is 0 Å². The average molecular weight is 309 g/mol. The van der Waals surface area contributed by atoms with Crippen LogP contribution in [-0.2, 0) is 19.6 Å². The van der Waals surface area contributed by atoms with E-state index >= 15 is 0 Å². The molecule has 0 bridgehead atoms. The van der Waals surface area contributed by atoms with Crippen LogP contribution in [0.1, 0.15) is 0 Å². The number of sulfonamides is 1. The summed E-state index contributed by atoms with van der Waals surface area (Å²) >= 11 is 0. The molecule has 7 nitrogen and oxygen atoms in total. The van der Waals surface area contributed by atoms with Gasteiger partial charge in [0.05, 0.1) is 12.6 Å². The standard InChI is InChI=1S/C13H15N3O4S/c1-16(8-12(17)20-2)21(18,19)11-6-5-10(14)9-4-3-7-15-13(9)11/h3-7H,8,14H2,1-2H3. The van der Waals surface area contributed by atoms with Gasteiger partial charge in [-0.3, -0.25) is 9.78 Å². The quantitative estimate of drug-likeness (QED) is 0.655. The molecule has 0 saturated carbocycles. The van der Waals surface area contributed by atoms with Crippen molar-refractivity contribution in [3.8, 4) is 0 Å². The van der Waals surface area contributed by atoms with E-state index in [1.54, 1.807) is 12.1 Å². The second-order valence-corrected chi connectivity index (χ2v) is 6.40. The third-order valence-electron chi connectivity index (χ3n) is 3.03. The third-order valence-corrected chi connectivity index (χ3v) is 4.87. The number of ether oxygens (including phenoxy) is 1. The van der Waals surface area contributed by atoms with Crippen molar-refractivity contribution in [1.29, 1.82) is 0 Å². The summed E-state index contributed by atoms with van der Waals surface area (Å²) in [4.78, 5) is 15.3. The average Bonchev–Trinajstić information content (AvgIpc) is 2.47. The Balaban J connectivity index is 2.55. The SMILES string of the molecule is COC(=O)CN(C)S(=O)(=O)c1ccc(N)c2cccnc12. The number of anilines is 1. The van der Waals surface area contributed by atoms with E-state index < -0.39 is 16.0 Å². The highest BCUT2D eigenvalue weighted by Crippen LogP contribution is 2.27. The van der Waals surface area contributed by atoms with Crippen molar-refractivity contribution in [2.24, 2.45) is 0 Å². The molecule has 21 heavy (non-hydrogen) atoms. The van der Waals surface area contributed by atoms with Crippen molar-refractivity contribution in [1.82, 2.24) is 9.29 Å². The number of rotatable bonds is 4. The Morgan fingerprint density at radius 1 is 1.38 bits per heavy atom. The fraction of sp³-hybridized carbons (Fsp3) is 0.231. The first kappa shape index (κ1) is 15.2. The number of nitrogens with two attached hydrogens (primary N) is 1. The normalized spacial score (nSPS) is 11.8. The van der Waals surface area contributed by atoms with Crippen LogP contribution in [-0.4, -0.2) is 44.4 Å². The lowest BCUT2D eigenvalue weighted by molar-refractivity contribution is -0.140. The molecular formula is C13H15N3O4S. The first-order valence-electron chi connectivity index (χ1n) is 6.04. The fourth-order valence-corrected chi connectivity index (χ4v) is 3.13. The van der Waals surface area contributed by atoms with E-state index in [1.165, 1.54) is 32.5 Å². The number of hydrogen-bond donors (Lipinski definition) is 1. The Morgan fingerprint density at radius 3 is 2.76 bits per heavy atom. The Hall–Kier alpha value is -2.19. The van der Waals surface area contributed by atoms with Gasteiger partial charge in [0.1, 0.15) is 11.4 Å². The summed E-state index contributed by atoms with van der Waals surface area (Å²) in [5.41, 5.74) is 6.53. The summed E-state index contributed by atoms with van der Waals surface area (Å²) in [6.45, 7) is -0.377. The molecule has 8 heteroatoms. The molecule has 0 amide bonds. The molecule has 0 saturated heterocycles. The number of likely N-dealkylation sites (N-methyl/N-ethyl adjacent to an activating group) is 1. The highest BCUT2D eigenvalue weighted by molar-refractivity contribution is 7.89. The second kappa shape index (κ2) is 5.66. The van der Waals surface area contributed by atoms with E-state index in [0.29, 0.717) is 11.1 Å². The molecule has 0 fully saturated rings. The van der Waals surface area contributed by atoms with Crippen LogP contribution >= 0.6 is 0 Å². The summed E-state index contributed by atoms with van der Waals surface area (Å²) < 4.78 is 30.5. The monoisotopic (exact) mass is 309 g/mol. The van der Waals surface area contributed by atoms with E-state index in [-0.39, 0.29) is 17.0 Å². The van der Waals surface area contributed by atoms with Crippen molar-refractivity contribution >= 4 is 32.6 Å². The maximum Gasteiger partial charge on any atom is 0.321 e. The van der Waals surface area contributed by atoms with Crippen LogP contribution in [0.15, 0.2) is 35.4 Å². The van der Waals surface area contributed by atoms with Gasteiger partial charge in [0.15, 0.2) is 0 Å².